The number of pyridine rings is 1. The number of aryl methyl sites for hydroxylation is 1. The lowest BCUT2D eigenvalue weighted by atomic mass is 10.2. The number of carboxylic acid groups (broad SMARTS) is 1. The van der Waals surface area contributed by atoms with Gasteiger partial charge in [0.05, 0.1) is 0 Å². The van der Waals surface area contributed by atoms with Crippen molar-refractivity contribution in [3.63, 3.8) is 0 Å². The lowest BCUT2D eigenvalue weighted by molar-refractivity contribution is 0.0697. The zero-order chi connectivity index (χ0) is 13.1. The highest BCUT2D eigenvalue weighted by atomic mass is 35.5. The number of carboxylic acids is 1. The predicted octanol–water partition coefficient (Wildman–Crippen LogP) is 3.49. The van der Waals surface area contributed by atoms with Crippen molar-refractivity contribution >= 4 is 29.1 Å². The van der Waals surface area contributed by atoms with Gasteiger partial charge in [-0.2, -0.15) is 0 Å². The van der Waals surface area contributed by atoms with Gasteiger partial charge in [-0.05, 0) is 30.7 Å². The number of hydrogen-bond donors (Lipinski definition) is 2. The molecule has 2 N–H and O–H groups in total. The van der Waals surface area contributed by atoms with E-state index >= 15 is 0 Å². The summed E-state index contributed by atoms with van der Waals surface area (Å²) in [4.78, 5) is 15.1. The summed E-state index contributed by atoms with van der Waals surface area (Å²) in [5.41, 5.74) is 1.88. The summed E-state index contributed by atoms with van der Waals surface area (Å²) in [6.45, 7) is 1.92. The van der Waals surface area contributed by atoms with Crippen molar-refractivity contribution in [1.29, 1.82) is 0 Å². The van der Waals surface area contributed by atoms with Crippen LogP contribution in [0, 0.1) is 6.92 Å². The van der Waals surface area contributed by atoms with Gasteiger partial charge in [0.15, 0.2) is 0 Å². The number of para-hydroxylation sites is 1. The summed E-state index contributed by atoms with van der Waals surface area (Å²) in [6, 6.07) is 10.4. The molecule has 0 saturated carbocycles. The number of aromatic carboxylic acids is 1. The van der Waals surface area contributed by atoms with E-state index in [2.05, 4.69) is 10.3 Å². The first kappa shape index (κ1) is 12.4. The molecular formula is C13H11ClN2O2. The molecule has 0 spiro atoms. The first-order valence-electron chi connectivity index (χ1n) is 5.30. The van der Waals surface area contributed by atoms with E-state index in [-0.39, 0.29) is 16.5 Å². The molecule has 2 rings (SSSR count). The second-order valence-corrected chi connectivity index (χ2v) is 4.16. The van der Waals surface area contributed by atoms with Gasteiger partial charge in [0.25, 0.3) is 0 Å². The molecule has 0 atom stereocenters. The number of carbonyl (C=O) groups is 1. The van der Waals surface area contributed by atoms with Crippen LogP contribution in [0.2, 0.25) is 5.15 Å². The Bertz CT molecular complexity index is 599. The molecule has 0 bridgehead atoms. The van der Waals surface area contributed by atoms with Crippen molar-refractivity contribution in [1.82, 2.24) is 4.98 Å². The summed E-state index contributed by atoms with van der Waals surface area (Å²) in [5.74, 6) is -0.806. The van der Waals surface area contributed by atoms with Gasteiger partial charge in [0.1, 0.15) is 16.5 Å². The number of anilines is 2. The van der Waals surface area contributed by atoms with Crippen LogP contribution in [-0.4, -0.2) is 16.1 Å². The van der Waals surface area contributed by atoms with Crippen molar-refractivity contribution in [3.05, 3.63) is 52.7 Å². The standard InChI is InChI=1S/C13H11ClN2O2/c1-8-4-2-3-5-10(8)15-12-9(13(17)18)6-7-11(14)16-12/h2-7H,1H3,(H,15,16)(H,17,18). The maximum Gasteiger partial charge on any atom is 0.339 e. The Balaban J connectivity index is 2.42. The van der Waals surface area contributed by atoms with Crippen molar-refractivity contribution in [2.75, 3.05) is 5.32 Å². The minimum Gasteiger partial charge on any atom is -0.478 e. The summed E-state index contributed by atoms with van der Waals surface area (Å²) in [6.07, 6.45) is 0. The molecule has 0 aliphatic heterocycles. The molecule has 4 nitrogen and oxygen atoms in total. The summed E-state index contributed by atoms with van der Waals surface area (Å²) in [5, 5.41) is 12.3. The number of nitrogens with one attached hydrogen (secondary N) is 1. The highest BCUT2D eigenvalue weighted by Gasteiger charge is 2.12. The van der Waals surface area contributed by atoms with Gasteiger partial charge >= 0.3 is 5.97 Å². The minimum atomic E-state index is -1.05. The van der Waals surface area contributed by atoms with Crippen LogP contribution in [0.3, 0.4) is 0 Å². The predicted molar refractivity (Wildman–Crippen MR) is 70.7 cm³/mol. The highest BCUT2D eigenvalue weighted by Crippen LogP contribution is 2.23. The average molecular weight is 263 g/mol. The van der Waals surface area contributed by atoms with E-state index in [9.17, 15) is 4.79 Å². The largest absolute Gasteiger partial charge is 0.478 e. The average Bonchev–Trinajstić information content (AvgIpc) is 2.32. The number of halogens is 1. The van der Waals surface area contributed by atoms with Crippen LogP contribution in [0.15, 0.2) is 36.4 Å². The first-order valence-corrected chi connectivity index (χ1v) is 5.68. The zero-order valence-corrected chi connectivity index (χ0v) is 10.4. The Kier molecular flexibility index (Phi) is 3.48. The second-order valence-electron chi connectivity index (χ2n) is 3.78. The van der Waals surface area contributed by atoms with E-state index in [1.165, 1.54) is 12.1 Å². The second kappa shape index (κ2) is 5.06. The van der Waals surface area contributed by atoms with Gasteiger partial charge in [-0.1, -0.05) is 29.8 Å². The number of benzene rings is 1. The molecule has 1 aromatic carbocycles. The van der Waals surface area contributed by atoms with Gasteiger partial charge in [0, 0.05) is 5.69 Å². The van der Waals surface area contributed by atoms with Crippen LogP contribution < -0.4 is 5.32 Å². The van der Waals surface area contributed by atoms with Gasteiger partial charge < -0.3 is 10.4 Å². The molecule has 2 aromatic rings. The maximum atomic E-state index is 11.1. The third-order valence-corrected chi connectivity index (χ3v) is 2.70. The van der Waals surface area contributed by atoms with E-state index in [1.54, 1.807) is 0 Å². The fourth-order valence-corrected chi connectivity index (χ4v) is 1.69. The van der Waals surface area contributed by atoms with Crippen molar-refractivity contribution in [2.24, 2.45) is 0 Å². The number of hydrogen-bond acceptors (Lipinski definition) is 3. The smallest absolute Gasteiger partial charge is 0.339 e. The fourth-order valence-electron chi connectivity index (χ4n) is 1.54. The number of aromatic nitrogens is 1. The molecule has 0 fully saturated rings. The van der Waals surface area contributed by atoms with Crippen LogP contribution in [0.1, 0.15) is 15.9 Å². The van der Waals surface area contributed by atoms with E-state index < -0.39 is 5.97 Å². The quantitative estimate of drug-likeness (QED) is 0.831. The number of rotatable bonds is 3. The summed E-state index contributed by atoms with van der Waals surface area (Å²) in [7, 11) is 0. The van der Waals surface area contributed by atoms with Crippen LogP contribution in [0.5, 0.6) is 0 Å². The Morgan fingerprint density at radius 3 is 2.67 bits per heavy atom. The SMILES string of the molecule is Cc1ccccc1Nc1nc(Cl)ccc1C(=O)O. The van der Waals surface area contributed by atoms with Gasteiger partial charge in [-0.3, -0.25) is 0 Å². The van der Waals surface area contributed by atoms with Crippen molar-refractivity contribution in [3.8, 4) is 0 Å². The lowest BCUT2D eigenvalue weighted by Crippen LogP contribution is -2.05. The lowest BCUT2D eigenvalue weighted by Gasteiger charge is -2.10. The van der Waals surface area contributed by atoms with E-state index in [1.807, 2.05) is 31.2 Å². The Labute approximate surface area is 109 Å². The van der Waals surface area contributed by atoms with E-state index in [4.69, 9.17) is 16.7 Å². The maximum absolute atomic E-state index is 11.1. The normalized spacial score (nSPS) is 10.1. The van der Waals surface area contributed by atoms with Crippen molar-refractivity contribution in [2.45, 2.75) is 6.92 Å². The molecule has 5 heteroatoms. The van der Waals surface area contributed by atoms with Gasteiger partial charge in [-0.25, -0.2) is 9.78 Å². The van der Waals surface area contributed by atoms with Crippen LogP contribution >= 0.6 is 11.6 Å². The van der Waals surface area contributed by atoms with E-state index in [0.717, 1.165) is 11.3 Å². The summed E-state index contributed by atoms with van der Waals surface area (Å²) >= 11 is 5.78. The molecule has 0 aliphatic rings. The third kappa shape index (κ3) is 2.60. The molecule has 0 unspecified atom stereocenters. The fraction of sp³-hybridized carbons (Fsp3) is 0.0769. The monoisotopic (exact) mass is 262 g/mol. The molecule has 0 amide bonds. The molecule has 0 radical (unpaired) electrons. The molecule has 0 saturated heterocycles. The topological polar surface area (TPSA) is 62.2 Å². The number of nitrogens with zero attached hydrogens (tertiary/aromatic N) is 1. The summed E-state index contributed by atoms with van der Waals surface area (Å²) < 4.78 is 0. The third-order valence-electron chi connectivity index (χ3n) is 2.49. The molecule has 0 aliphatic carbocycles. The molecule has 1 aromatic heterocycles. The first-order chi connectivity index (χ1) is 8.58. The minimum absolute atomic E-state index is 0.0858. The van der Waals surface area contributed by atoms with Crippen LogP contribution in [-0.2, 0) is 0 Å². The highest BCUT2D eigenvalue weighted by molar-refractivity contribution is 6.29. The zero-order valence-electron chi connectivity index (χ0n) is 9.64. The van der Waals surface area contributed by atoms with Crippen molar-refractivity contribution < 1.29 is 9.90 Å². The Morgan fingerprint density at radius 1 is 1.28 bits per heavy atom. The van der Waals surface area contributed by atoms with Gasteiger partial charge in [-0.15, -0.1) is 0 Å². The molecular weight excluding hydrogens is 252 g/mol. The van der Waals surface area contributed by atoms with Crippen LogP contribution in [0.25, 0.3) is 0 Å². The van der Waals surface area contributed by atoms with E-state index in [0.29, 0.717) is 0 Å². The van der Waals surface area contributed by atoms with Gasteiger partial charge in [0.2, 0.25) is 0 Å². The van der Waals surface area contributed by atoms with Crippen LogP contribution in [0.4, 0.5) is 11.5 Å². The molecule has 1 heterocycles. The Hall–Kier alpha value is -2.07. The molecule has 92 valence electrons. The molecule has 18 heavy (non-hydrogen) atoms. The Morgan fingerprint density at radius 2 is 2.00 bits per heavy atom.